The number of rotatable bonds is 4. The molecule has 2 N–H and O–H groups in total. The SMILES string of the molecule is CN=C(NCc1cccc(C)n1)NCc1cc(F)ccc1F. The Labute approximate surface area is 128 Å². The Morgan fingerprint density at radius 2 is 1.91 bits per heavy atom. The Morgan fingerprint density at radius 1 is 1.14 bits per heavy atom. The quantitative estimate of drug-likeness (QED) is 0.674. The van der Waals surface area contributed by atoms with Crippen molar-refractivity contribution in [1.29, 1.82) is 0 Å². The highest BCUT2D eigenvalue weighted by atomic mass is 19.1. The number of hydrogen-bond donors (Lipinski definition) is 2. The van der Waals surface area contributed by atoms with Crippen molar-refractivity contribution in [3.63, 3.8) is 0 Å². The molecule has 22 heavy (non-hydrogen) atoms. The van der Waals surface area contributed by atoms with Gasteiger partial charge in [0, 0.05) is 24.8 Å². The van der Waals surface area contributed by atoms with E-state index in [0.29, 0.717) is 12.5 Å². The number of aromatic nitrogens is 1. The first-order valence-electron chi connectivity index (χ1n) is 6.89. The maximum atomic E-state index is 13.5. The zero-order valence-corrected chi connectivity index (χ0v) is 12.5. The van der Waals surface area contributed by atoms with Gasteiger partial charge in [-0.1, -0.05) is 6.07 Å². The standard InChI is InChI=1S/C16H18F2N4/c1-11-4-3-5-14(22-11)10-21-16(19-2)20-9-12-8-13(17)6-7-15(12)18/h3-8H,9-10H2,1-2H3,(H2,19,20,21). The van der Waals surface area contributed by atoms with Crippen molar-refractivity contribution in [2.24, 2.45) is 4.99 Å². The second-order valence-corrected chi connectivity index (χ2v) is 4.79. The summed E-state index contributed by atoms with van der Waals surface area (Å²) in [5, 5.41) is 6.02. The van der Waals surface area contributed by atoms with Crippen LogP contribution in [0.1, 0.15) is 17.0 Å². The van der Waals surface area contributed by atoms with Crippen LogP contribution in [-0.2, 0) is 13.1 Å². The summed E-state index contributed by atoms with van der Waals surface area (Å²) < 4.78 is 26.7. The molecule has 116 valence electrons. The molecule has 2 rings (SSSR count). The molecule has 0 aliphatic heterocycles. The average molecular weight is 304 g/mol. The van der Waals surface area contributed by atoms with Crippen molar-refractivity contribution in [1.82, 2.24) is 15.6 Å². The van der Waals surface area contributed by atoms with Gasteiger partial charge in [-0.2, -0.15) is 0 Å². The van der Waals surface area contributed by atoms with Gasteiger partial charge in [-0.05, 0) is 37.3 Å². The summed E-state index contributed by atoms with van der Waals surface area (Å²) in [6, 6.07) is 9.12. The highest BCUT2D eigenvalue weighted by Gasteiger charge is 2.05. The van der Waals surface area contributed by atoms with Crippen LogP contribution in [0.2, 0.25) is 0 Å². The summed E-state index contributed by atoms with van der Waals surface area (Å²) >= 11 is 0. The third kappa shape index (κ3) is 4.51. The topological polar surface area (TPSA) is 49.3 Å². The van der Waals surface area contributed by atoms with Crippen LogP contribution in [0.5, 0.6) is 0 Å². The van der Waals surface area contributed by atoms with E-state index in [1.165, 1.54) is 0 Å². The molecule has 6 heteroatoms. The molecule has 0 fully saturated rings. The molecule has 0 aliphatic rings. The Balaban J connectivity index is 1.91. The summed E-state index contributed by atoms with van der Waals surface area (Å²) in [6.07, 6.45) is 0. The molecule has 1 aromatic heterocycles. The second kappa shape index (κ2) is 7.49. The average Bonchev–Trinajstić information content (AvgIpc) is 2.51. The van der Waals surface area contributed by atoms with E-state index in [4.69, 9.17) is 0 Å². The molecule has 1 heterocycles. The van der Waals surface area contributed by atoms with E-state index in [0.717, 1.165) is 29.6 Å². The summed E-state index contributed by atoms with van der Waals surface area (Å²) in [5.41, 5.74) is 2.06. The van der Waals surface area contributed by atoms with Crippen LogP contribution in [0.15, 0.2) is 41.4 Å². The molecule has 0 radical (unpaired) electrons. The molecule has 1 aromatic carbocycles. The monoisotopic (exact) mass is 304 g/mol. The van der Waals surface area contributed by atoms with E-state index < -0.39 is 11.6 Å². The molecule has 0 unspecified atom stereocenters. The molecular weight excluding hydrogens is 286 g/mol. The Hall–Kier alpha value is -2.50. The van der Waals surface area contributed by atoms with E-state index in [-0.39, 0.29) is 12.1 Å². The zero-order valence-electron chi connectivity index (χ0n) is 12.5. The van der Waals surface area contributed by atoms with Crippen LogP contribution < -0.4 is 10.6 Å². The van der Waals surface area contributed by atoms with E-state index in [2.05, 4.69) is 20.6 Å². The van der Waals surface area contributed by atoms with Gasteiger partial charge in [-0.25, -0.2) is 8.78 Å². The van der Waals surface area contributed by atoms with Crippen LogP contribution in [0, 0.1) is 18.6 Å². The molecule has 0 bridgehead atoms. The molecule has 0 spiro atoms. The normalized spacial score (nSPS) is 11.4. The largest absolute Gasteiger partial charge is 0.352 e. The molecule has 0 atom stereocenters. The van der Waals surface area contributed by atoms with Crippen molar-refractivity contribution in [2.45, 2.75) is 20.0 Å². The number of nitrogens with zero attached hydrogens (tertiary/aromatic N) is 2. The summed E-state index contributed by atoms with van der Waals surface area (Å²) in [6.45, 7) is 2.56. The lowest BCUT2D eigenvalue weighted by Crippen LogP contribution is -2.36. The van der Waals surface area contributed by atoms with Crippen LogP contribution in [0.4, 0.5) is 8.78 Å². The number of aryl methyl sites for hydroxylation is 1. The van der Waals surface area contributed by atoms with Gasteiger partial charge < -0.3 is 10.6 Å². The Kier molecular flexibility index (Phi) is 5.41. The van der Waals surface area contributed by atoms with E-state index in [1.807, 2.05) is 25.1 Å². The first kappa shape index (κ1) is 15.9. The summed E-state index contributed by atoms with van der Waals surface area (Å²) in [7, 11) is 1.61. The first-order chi connectivity index (χ1) is 10.6. The number of guanidine groups is 1. The van der Waals surface area contributed by atoms with Crippen molar-refractivity contribution < 1.29 is 8.78 Å². The summed E-state index contributed by atoms with van der Waals surface area (Å²) in [5.74, 6) is -0.429. The van der Waals surface area contributed by atoms with Gasteiger partial charge in [-0.3, -0.25) is 9.98 Å². The van der Waals surface area contributed by atoms with Crippen molar-refractivity contribution >= 4 is 5.96 Å². The van der Waals surface area contributed by atoms with E-state index in [9.17, 15) is 8.78 Å². The highest BCUT2D eigenvalue weighted by molar-refractivity contribution is 5.79. The maximum Gasteiger partial charge on any atom is 0.191 e. The fourth-order valence-electron chi connectivity index (χ4n) is 1.95. The maximum absolute atomic E-state index is 13.5. The molecule has 0 aliphatic carbocycles. The third-order valence-corrected chi connectivity index (χ3v) is 3.06. The Morgan fingerprint density at radius 3 is 2.64 bits per heavy atom. The second-order valence-electron chi connectivity index (χ2n) is 4.79. The van der Waals surface area contributed by atoms with E-state index in [1.54, 1.807) is 7.05 Å². The van der Waals surface area contributed by atoms with Gasteiger partial charge in [0.25, 0.3) is 0 Å². The lowest BCUT2D eigenvalue weighted by atomic mass is 10.2. The molecule has 2 aromatic rings. The number of pyridine rings is 1. The highest BCUT2D eigenvalue weighted by Crippen LogP contribution is 2.09. The smallest absolute Gasteiger partial charge is 0.191 e. The fraction of sp³-hybridized carbons (Fsp3) is 0.250. The summed E-state index contributed by atoms with van der Waals surface area (Å²) in [4.78, 5) is 8.41. The number of benzene rings is 1. The van der Waals surface area contributed by atoms with Gasteiger partial charge in [0.15, 0.2) is 5.96 Å². The van der Waals surface area contributed by atoms with Gasteiger partial charge in [0.1, 0.15) is 11.6 Å². The number of halogens is 2. The van der Waals surface area contributed by atoms with Gasteiger partial charge >= 0.3 is 0 Å². The van der Waals surface area contributed by atoms with Crippen LogP contribution >= 0.6 is 0 Å². The third-order valence-electron chi connectivity index (χ3n) is 3.06. The zero-order chi connectivity index (χ0) is 15.9. The fourth-order valence-corrected chi connectivity index (χ4v) is 1.95. The predicted molar refractivity (Wildman–Crippen MR) is 82.4 cm³/mol. The molecule has 0 saturated carbocycles. The number of nitrogens with one attached hydrogen (secondary N) is 2. The molecule has 0 amide bonds. The minimum atomic E-state index is -0.467. The molecular formula is C16H18F2N4. The van der Waals surface area contributed by atoms with E-state index >= 15 is 0 Å². The van der Waals surface area contributed by atoms with Crippen LogP contribution in [-0.4, -0.2) is 18.0 Å². The van der Waals surface area contributed by atoms with Gasteiger partial charge in [0.05, 0.1) is 12.2 Å². The van der Waals surface area contributed by atoms with Crippen molar-refractivity contribution in [3.05, 3.63) is 65.0 Å². The minimum absolute atomic E-state index is 0.143. The first-order valence-corrected chi connectivity index (χ1v) is 6.89. The minimum Gasteiger partial charge on any atom is -0.352 e. The number of hydrogen-bond acceptors (Lipinski definition) is 2. The number of aliphatic imine (C=N–C) groups is 1. The molecule has 0 saturated heterocycles. The van der Waals surface area contributed by atoms with Crippen molar-refractivity contribution in [2.75, 3.05) is 7.05 Å². The lowest BCUT2D eigenvalue weighted by Gasteiger charge is -2.12. The van der Waals surface area contributed by atoms with Crippen LogP contribution in [0.3, 0.4) is 0 Å². The molecule has 4 nitrogen and oxygen atoms in total. The Bertz CT molecular complexity index is 671. The van der Waals surface area contributed by atoms with Gasteiger partial charge in [-0.15, -0.1) is 0 Å². The lowest BCUT2D eigenvalue weighted by molar-refractivity contribution is 0.581. The predicted octanol–water partition coefficient (Wildman–Crippen LogP) is 2.53. The van der Waals surface area contributed by atoms with Gasteiger partial charge in [0.2, 0.25) is 0 Å². The van der Waals surface area contributed by atoms with Crippen molar-refractivity contribution in [3.8, 4) is 0 Å². The van der Waals surface area contributed by atoms with Crippen LogP contribution in [0.25, 0.3) is 0 Å².